The van der Waals surface area contributed by atoms with Gasteiger partial charge in [-0.25, -0.2) is 9.97 Å². The standard InChI is InChI=1S/C54H33N3S/c55-34-35-22-24-37(25-23-35)42-18-11-21-47-52(42)58-51-31-30-41(32-48(51)54(47)45-19-9-7-16-43(45)44-17-8-10-20-46(44)54)36-26-28-39(29-27-36)50-33-49(38-12-3-1-4-13-38)56-53(57-50)40-14-5-2-6-15-40/h1-33H. The predicted octanol–water partition coefficient (Wildman–Crippen LogP) is 13.5. The van der Waals surface area contributed by atoms with Gasteiger partial charge in [0.15, 0.2) is 5.82 Å². The number of nitriles is 1. The molecule has 1 aliphatic heterocycles. The molecule has 3 nitrogen and oxygen atoms in total. The summed E-state index contributed by atoms with van der Waals surface area (Å²) in [6, 6.07) is 73.3. The van der Waals surface area contributed by atoms with Crippen LogP contribution in [0.3, 0.4) is 0 Å². The highest BCUT2D eigenvalue weighted by molar-refractivity contribution is 7.99. The third-order valence-electron chi connectivity index (χ3n) is 11.6. The van der Waals surface area contributed by atoms with Gasteiger partial charge in [-0.2, -0.15) is 5.26 Å². The van der Waals surface area contributed by atoms with Crippen LogP contribution in [0.5, 0.6) is 0 Å². The van der Waals surface area contributed by atoms with Crippen LogP contribution in [0.2, 0.25) is 0 Å². The number of hydrogen-bond donors (Lipinski definition) is 0. The van der Waals surface area contributed by atoms with E-state index in [0.717, 1.165) is 44.8 Å². The maximum atomic E-state index is 9.54. The molecule has 58 heavy (non-hydrogen) atoms. The smallest absolute Gasteiger partial charge is 0.160 e. The molecule has 0 fully saturated rings. The average Bonchev–Trinajstić information content (AvgIpc) is 3.60. The van der Waals surface area contributed by atoms with Gasteiger partial charge in [0.1, 0.15) is 0 Å². The second-order valence-corrected chi connectivity index (χ2v) is 15.8. The number of nitrogens with zero attached hydrogens (tertiary/aromatic N) is 3. The molecule has 0 bridgehead atoms. The molecule has 0 N–H and O–H groups in total. The van der Waals surface area contributed by atoms with Crippen LogP contribution < -0.4 is 0 Å². The van der Waals surface area contributed by atoms with Crippen molar-refractivity contribution < 1.29 is 0 Å². The van der Waals surface area contributed by atoms with E-state index in [1.165, 1.54) is 48.7 Å². The summed E-state index contributed by atoms with van der Waals surface area (Å²) >= 11 is 1.85. The van der Waals surface area contributed by atoms with Crippen LogP contribution in [0, 0.1) is 11.3 Å². The Kier molecular flexibility index (Phi) is 8.03. The molecule has 11 rings (SSSR count). The first kappa shape index (κ1) is 34.0. The van der Waals surface area contributed by atoms with Crippen LogP contribution in [-0.4, -0.2) is 9.97 Å². The van der Waals surface area contributed by atoms with Crippen molar-refractivity contribution in [3.8, 4) is 73.4 Å². The maximum absolute atomic E-state index is 9.54. The van der Waals surface area contributed by atoms with Gasteiger partial charge in [-0.15, -0.1) is 0 Å². The Bertz CT molecular complexity index is 2970. The normalized spacial score (nSPS) is 12.9. The van der Waals surface area contributed by atoms with E-state index >= 15 is 0 Å². The Balaban J connectivity index is 1.06. The summed E-state index contributed by atoms with van der Waals surface area (Å²) in [7, 11) is 0. The van der Waals surface area contributed by atoms with Crippen molar-refractivity contribution in [2.45, 2.75) is 15.2 Å². The summed E-state index contributed by atoms with van der Waals surface area (Å²) in [5, 5.41) is 9.54. The minimum absolute atomic E-state index is 0.524. The van der Waals surface area contributed by atoms with E-state index in [4.69, 9.17) is 9.97 Å². The van der Waals surface area contributed by atoms with Gasteiger partial charge in [0, 0.05) is 26.5 Å². The van der Waals surface area contributed by atoms with Gasteiger partial charge >= 0.3 is 0 Å². The predicted molar refractivity (Wildman–Crippen MR) is 235 cm³/mol. The number of hydrogen-bond acceptors (Lipinski definition) is 4. The molecule has 2 aliphatic rings. The highest BCUT2D eigenvalue weighted by Crippen LogP contribution is 2.63. The van der Waals surface area contributed by atoms with Crippen LogP contribution in [-0.2, 0) is 5.41 Å². The Labute approximate surface area is 342 Å². The molecule has 0 atom stereocenters. The van der Waals surface area contributed by atoms with Crippen molar-refractivity contribution in [3.05, 3.63) is 228 Å². The van der Waals surface area contributed by atoms with E-state index in [1.54, 1.807) is 0 Å². The zero-order valence-corrected chi connectivity index (χ0v) is 32.1. The zero-order chi connectivity index (χ0) is 38.6. The minimum Gasteiger partial charge on any atom is -0.228 e. The third-order valence-corrected chi connectivity index (χ3v) is 12.9. The fraction of sp³-hybridized carbons (Fsp3) is 0.0185. The van der Waals surface area contributed by atoms with Crippen LogP contribution in [0.15, 0.2) is 210 Å². The van der Waals surface area contributed by atoms with Crippen molar-refractivity contribution in [2.24, 2.45) is 0 Å². The Morgan fingerprint density at radius 2 is 0.914 bits per heavy atom. The number of benzene rings is 8. The lowest BCUT2D eigenvalue weighted by atomic mass is 9.66. The first-order valence-electron chi connectivity index (χ1n) is 19.5. The van der Waals surface area contributed by atoms with E-state index in [0.29, 0.717) is 11.4 Å². The Morgan fingerprint density at radius 1 is 0.397 bits per heavy atom. The largest absolute Gasteiger partial charge is 0.228 e. The molecule has 0 unspecified atom stereocenters. The maximum Gasteiger partial charge on any atom is 0.160 e. The van der Waals surface area contributed by atoms with Crippen molar-refractivity contribution in [2.75, 3.05) is 0 Å². The van der Waals surface area contributed by atoms with Gasteiger partial charge in [-0.1, -0.05) is 182 Å². The van der Waals surface area contributed by atoms with Gasteiger partial charge in [0.25, 0.3) is 0 Å². The summed E-state index contributed by atoms with van der Waals surface area (Å²) in [6.07, 6.45) is 0. The molecule has 2 heterocycles. The van der Waals surface area contributed by atoms with Crippen molar-refractivity contribution in [1.29, 1.82) is 5.26 Å². The molecule has 9 aromatic rings. The zero-order valence-electron chi connectivity index (χ0n) is 31.3. The number of aromatic nitrogens is 2. The molecular weight excluding hydrogens is 723 g/mol. The number of rotatable bonds is 5. The van der Waals surface area contributed by atoms with E-state index in [9.17, 15) is 5.26 Å². The molecule has 8 aromatic carbocycles. The molecule has 0 amide bonds. The quantitative estimate of drug-likeness (QED) is 0.175. The van der Waals surface area contributed by atoms with E-state index < -0.39 is 5.41 Å². The van der Waals surface area contributed by atoms with Crippen molar-refractivity contribution in [3.63, 3.8) is 0 Å². The van der Waals surface area contributed by atoms with Gasteiger partial charge in [0.2, 0.25) is 0 Å². The molecule has 0 saturated carbocycles. The fourth-order valence-electron chi connectivity index (χ4n) is 8.96. The Hall–Kier alpha value is -7.32. The number of fused-ring (bicyclic) bond motifs is 9. The SMILES string of the molecule is N#Cc1ccc(-c2cccc3c2Sc2ccc(-c4ccc(-c5cc(-c6ccccc6)nc(-c6ccccc6)n5)cc4)cc2C32c3ccccc3-c3ccccc32)cc1. The van der Waals surface area contributed by atoms with Crippen LogP contribution in [0.1, 0.15) is 27.8 Å². The summed E-state index contributed by atoms with van der Waals surface area (Å²) in [5.41, 5.74) is 17.3. The summed E-state index contributed by atoms with van der Waals surface area (Å²) in [5.74, 6) is 0.707. The van der Waals surface area contributed by atoms with Gasteiger partial charge < -0.3 is 0 Å². The van der Waals surface area contributed by atoms with E-state index in [-0.39, 0.29) is 0 Å². The minimum atomic E-state index is -0.524. The van der Waals surface area contributed by atoms with E-state index in [1.807, 2.05) is 60.3 Å². The highest BCUT2D eigenvalue weighted by atomic mass is 32.2. The van der Waals surface area contributed by atoms with Crippen molar-refractivity contribution >= 4 is 11.8 Å². The molecule has 270 valence electrons. The molecule has 4 heteroatoms. The lowest BCUT2D eigenvalue weighted by Gasteiger charge is -2.40. The van der Waals surface area contributed by atoms with Crippen LogP contribution in [0.25, 0.3) is 67.3 Å². The third kappa shape index (κ3) is 5.36. The topological polar surface area (TPSA) is 49.6 Å². The van der Waals surface area contributed by atoms with E-state index in [2.05, 4.69) is 158 Å². The highest BCUT2D eigenvalue weighted by Gasteiger charge is 2.50. The lowest BCUT2D eigenvalue weighted by Crippen LogP contribution is -2.32. The van der Waals surface area contributed by atoms with Gasteiger partial charge in [-0.05, 0) is 86.0 Å². The van der Waals surface area contributed by atoms with Crippen LogP contribution >= 0.6 is 11.8 Å². The van der Waals surface area contributed by atoms with Crippen molar-refractivity contribution in [1.82, 2.24) is 9.97 Å². The summed E-state index contributed by atoms with van der Waals surface area (Å²) < 4.78 is 0. The average molecular weight is 756 g/mol. The van der Waals surface area contributed by atoms with Gasteiger partial charge in [-0.3, -0.25) is 0 Å². The van der Waals surface area contributed by atoms with Gasteiger partial charge in [0.05, 0.1) is 28.4 Å². The molecule has 0 radical (unpaired) electrons. The molecule has 0 saturated heterocycles. The summed E-state index contributed by atoms with van der Waals surface area (Å²) in [6.45, 7) is 0. The molecular formula is C54H33N3S. The Morgan fingerprint density at radius 3 is 1.57 bits per heavy atom. The first-order valence-corrected chi connectivity index (χ1v) is 20.3. The molecule has 1 spiro atoms. The first-order chi connectivity index (χ1) is 28.7. The lowest BCUT2D eigenvalue weighted by molar-refractivity contribution is 0.723. The second-order valence-electron chi connectivity index (χ2n) is 14.8. The second kappa shape index (κ2) is 13.7. The monoisotopic (exact) mass is 755 g/mol. The fourth-order valence-corrected chi connectivity index (χ4v) is 10.3. The molecule has 1 aliphatic carbocycles. The van der Waals surface area contributed by atoms with Crippen LogP contribution in [0.4, 0.5) is 0 Å². The molecule has 1 aromatic heterocycles. The summed E-state index contributed by atoms with van der Waals surface area (Å²) in [4.78, 5) is 12.6.